The summed E-state index contributed by atoms with van der Waals surface area (Å²) in [6.45, 7) is 0.613. The van der Waals surface area contributed by atoms with Gasteiger partial charge in [-0.3, -0.25) is 0 Å². The van der Waals surface area contributed by atoms with Gasteiger partial charge in [0.2, 0.25) is 5.13 Å². The lowest BCUT2D eigenvalue weighted by Crippen LogP contribution is -2.04. The van der Waals surface area contributed by atoms with Crippen molar-refractivity contribution in [2.75, 3.05) is 12.4 Å². The molecule has 0 saturated heterocycles. The van der Waals surface area contributed by atoms with Crippen molar-refractivity contribution in [1.82, 2.24) is 10.2 Å². The summed E-state index contributed by atoms with van der Waals surface area (Å²) in [4.78, 5) is 0. The molecular formula is C18H16F3N3OS2. The average Bonchev–Trinajstić information content (AvgIpc) is 3.13. The number of benzene rings is 2. The number of rotatable bonds is 7. The molecule has 0 aliphatic rings. The van der Waals surface area contributed by atoms with E-state index in [0.29, 0.717) is 17.4 Å². The SMILES string of the molecule is COc1ccc(CNc2nnc(SCc3ccc(C(F)(F)F)cc3)s2)cc1. The molecule has 0 radical (unpaired) electrons. The van der Waals surface area contributed by atoms with Crippen LogP contribution in [0.25, 0.3) is 0 Å². The van der Waals surface area contributed by atoms with E-state index in [1.54, 1.807) is 7.11 Å². The molecule has 142 valence electrons. The van der Waals surface area contributed by atoms with Crippen molar-refractivity contribution in [3.8, 4) is 5.75 Å². The first-order valence-corrected chi connectivity index (χ1v) is 9.73. The Morgan fingerprint density at radius 3 is 2.30 bits per heavy atom. The van der Waals surface area contributed by atoms with Crippen molar-refractivity contribution in [3.63, 3.8) is 0 Å². The van der Waals surface area contributed by atoms with Gasteiger partial charge in [-0.05, 0) is 35.4 Å². The molecule has 0 atom stereocenters. The Kier molecular flexibility index (Phi) is 6.22. The monoisotopic (exact) mass is 411 g/mol. The topological polar surface area (TPSA) is 47.0 Å². The third-order valence-corrected chi connectivity index (χ3v) is 5.74. The minimum atomic E-state index is -4.31. The van der Waals surface area contributed by atoms with E-state index in [1.807, 2.05) is 24.3 Å². The van der Waals surface area contributed by atoms with Crippen LogP contribution in [0.4, 0.5) is 18.3 Å². The van der Waals surface area contributed by atoms with E-state index in [1.165, 1.54) is 35.2 Å². The molecule has 9 heteroatoms. The Balaban J connectivity index is 1.50. The maximum Gasteiger partial charge on any atom is 0.416 e. The number of thioether (sulfide) groups is 1. The molecule has 0 saturated carbocycles. The van der Waals surface area contributed by atoms with Crippen molar-refractivity contribution >= 4 is 28.2 Å². The number of hydrogen-bond acceptors (Lipinski definition) is 6. The van der Waals surface area contributed by atoms with Crippen LogP contribution in [0.1, 0.15) is 16.7 Å². The van der Waals surface area contributed by atoms with E-state index in [9.17, 15) is 13.2 Å². The predicted molar refractivity (Wildman–Crippen MR) is 101 cm³/mol. The van der Waals surface area contributed by atoms with Crippen LogP contribution in [-0.4, -0.2) is 17.3 Å². The average molecular weight is 411 g/mol. The molecule has 0 bridgehead atoms. The van der Waals surface area contributed by atoms with E-state index in [-0.39, 0.29) is 0 Å². The number of hydrogen-bond donors (Lipinski definition) is 1. The van der Waals surface area contributed by atoms with Crippen molar-refractivity contribution in [1.29, 1.82) is 0 Å². The second kappa shape index (κ2) is 8.62. The Labute approximate surface area is 162 Å². The molecule has 1 aromatic heterocycles. The summed E-state index contributed by atoms with van der Waals surface area (Å²) < 4.78 is 43.6. The lowest BCUT2D eigenvalue weighted by atomic mass is 10.1. The van der Waals surface area contributed by atoms with Gasteiger partial charge < -0.3 is 10.1 Å². The normalized spacial score (nSPS) is 11.4. The van der Waals surface area contributed by atoms with Gasteiger partial charge in [-0.1, -0.05) is 47.4 Å². The third kappa shape index (κ3) is 5.61. The van der Waals surface area contributed by atoms with Crippen molar-refractivity contribution in [2.45, 2.75) is 22.8 Å². The summed E-state index contributed by atoms with van der Waals surface area (Å²) in [5.41, 5.74) is 1.25. The summed E-state index contributed by atoms with van der Waals surface area (Å²) in [6.07, 6.45) is -4.31. The van der Waals surface area contributed by atoms with Crippen LogP contribution in [0.3, 0.4) is 0 Å². The molecule has 4 nitrogen and oxygen atoms in total. The Hall–Kier alpha value is -2.26. The number of halogens is 3. The van der Waals surface area contributed by atoms with Crippen LogP contribution >= 0.6 is 23.1 Å². The molecule has 1 N–H and O–H groups in total. The summed E-state index contributed by atoms with van der Waals surface area (Å²) in [6, 6.07) is 12.9. The molecule has 0 amide bonds. The highest BCUT2D eigenvalue weighted by atomic mass is 32.2. The summed E-state index contributed by atoms with van der Waals surface area (Å²) >= 11 is 2.85. The third-order valence-electron chi connectivity index (χ3n) is 3.65. The van der Waals surface area contributed by atoms with E-state index < -0.39 is 11.7 Å². The maximum atomic E-state index is 12.6. The highest BCUT2D eigenvalue weighted by Crippen LogP contribution is 2.31. The van der Waals surface area contributed by atoms with Gasteiger partial charge in [0, 0.05) is 12.3 Å². The quantitative estimate of drug-likeness (QED) is 0.523. The van der Waals surface area contributed by atoms with Crippen LogP contribution in [0.5, 0.6) is 5.75 Å². The lowest BCUT2D eigenvalue weighted by molar-refractivity contribution is -0.137. The van der Waals surface area contributed by atoms with Gasteiger partial charge in [0.25, 0.3) is 0 Å². The Morgan fingerprint density at radius 2 is 1.67 bits per heavy atom. The van der Waals surface area contributed by atoms with Crippen LogP contribution in [0.15, 0.2) is 52.9 Å². The second-order valence-electron chi connectivity index (χ2n) is 5.56. The molecule has 0 fully saturated rings. The van der Waals surface area contributed by atoms with E-state index >= 15 is 0 Å². The number of ether oxygens (including phenoxy) is 1. The van der Waals surface area contributed by atoms with E-state index in [0.717, 1.165) is 33.3 Å². The fourth-order valence-corrected chi connectivity index (χ4v) is 3.90. The van der Waals surface area contributed by atoms with Gasteiger partial charge in [-0.2, -0.15) is 13.2 Å². The van der Waals surface area contributed by atoms with Crippen LogP contribution < -0.4 is 10.1 Å². The molecule has 0 unspecified atom stereocenters. The minimum Gasteiger partial charge on any atom is -0.497 e. The highest BCUT2D eigenvalue weighted by molar-refractivity contribution is 8.00. The first-order valence-electron chi connectivity index (χ1n) is 7.93. The van der Waals surface area contributed by atoms with Crippen molar-refractivity contribution in [3.05, 3.63) is 65.2 Å². The minimum absolute atomic E-state index is 0.533. The fraction of sp³-hybridized carbons (Fsp3) is 0.222. The zero-order valence-electron chi connectivity index (χ0n) is 14.3. The van der Waals surface area contributed by atoms with Crippen LogP contribution in [-0.2, 0) is 18.5 Å². The summed E-state index contributed by atoms with van der Waals surface area (Å²) in [5.74, 6) is 1.34. The molecule has 1 heterocycles. The number of anilines is 1. The zero-order chi connectivity index (χ0) is 19.3. The lowest BCUT2D eigenvalue weighted by Gasteiger charge is -2.06. The number of alkyl halides is 3. The zero-order valence-corrected chi connectivity index (χ0v) is 15.9. The fourth-order valence-electron chi connectivity index (χ4n) is 2.20. The Bertz CT molecular complexity index is 865. The smallest absolute Gasteiger partial charge is 0.416 e. The summed E-state index contributed by atoms with van der Waals surface area (Å²) in [5, 5.41) is 12.1. The number of methoxy groups -OCH3 is 1. The number of nitrogens with zero attached hydrogens (tertiary/aromatic N) is 2. The van der Waals surface area contributed by atoms with Gasteiger partial charge in [0.1, 0.15) is 5.75 Å². The van der Waals surface area contributed by atoms with Gasteiger partial charge >= 0.3 is 6.18 Å². The van der Waals surface area contributed by atoms with Gasteiger partial charge in [-0.25, -0.2) is 0 Å². The molecule has 2 aromatic carbocycles. The standard InChI is InChI=1S/C18H16F3N3OS2/c1-25-15-8-4-12(5-9-15)10-22-16-23-24-17(27-16)26-11-13-2-6-14(7-3-13)18(19,20)21/h2-9H,10-11H2,1H3,(H,22,23). The molecule has 3 aromatic rings. The van der Waals surface area contributed by atoms with Crippen molar-refractivity contribution in [2.24, 2.45) is 0 Å². The van der Waals surface area contributed by atoms with Gasteiger partial charge in [-0.15, -0.1) is 10.2 Å². The molecule has 3 rings (SSSR count). The van der Waals surface area contributed by atoms with Crippen LogP contribution in [0, 0.1) is 0 Å². The molecule has 27 heavy (non-hydrogen) atoms. The Morgan fingerprint density at radius 1 is 1.00 bits per heavy atom. The predicted octanol–water partition coefficient (Wildman–Crippen LogP) is 5.47. The van der Waals surface area contributed by atoms with Gasteiger partial charge in [0.15, 0.2) is 4.34 Å². The molecular weight excluding hydrogens is 395 g/mol. The van der Waals surface area contributed by atoms with Gasteiger partial charge in [0.05, 0.1) is 12.7 Å². The first-order chi connectivity index (χ1) is 12.9. The van der Waals surface area contributed by atoms with E-state index in [4.69, 9.17) is 4.74 Å². The van der Waals surface area contributed by atoms with Crippen molar-refractivity contribution < 1.29 is 17.9 Å². The van der Waals surface area contributed by atoms with Crippen LogP contribution in [0.2, 0.25) is 0 Å². The summed E-state index contributed by atoms with van der Waals surface area (Å²) in [7, 11) is 1.62. The molecule has 0 aliphatic carbocycles. The maximum absolute atomic E-state index is 12.6. The molecule has 0 spiro atoms. The van der Waals surface area contributed by atoms with E-state index in [2.05, 4.69) is 15.5 Å². The highest BCUT2D eigenvalue weighted by Gasteiger charge is 2.29. The second-order valence-corrected chi connectivity index (χ2v) is 7.76. The molecule has 0 aliphatic heterocycles. The number of aromatic nitrogens is 2. The number of nitrogens with one attached hydrogen (secondary N) is 1. The largest absolute Gasteiger partial charge is 0.497 e. The first kappa shape index (κ1) is 19.5.